The van der Waals surface area contributed by atoms with E-state index >= 15 is 0 Å². The summed E-state index contributed by atoms with van der Waals surface area (Å²) in [5, 5.41) is 2.75. The van der Waals surface area contributed by atoms with Crippen LogP contribution in [-0.4, -0.2) is 17.9 Å². The van der Waals surface area contributed by atoms with Gasteiger partial charge in [0.25, 0.3) is 0 Å². The molecule has 0 bridgehead atoms. The van der Waals surface area contributed by atoms with Crippen molar-refractivity contribution < 1.29 is 9.59 Å². The van der Waals surface area contributed by atoms with Crippen molar-refractivity contribution in [1.82, 2.24) is 0 Å². The Hall–Kier alpha value is -1.84. The number of amides is 2. The van der Waals surface area contributed by atoms with Gasteiger partial charge in [0.15, 0.2) is 0 Å². The van der Waals surface area contributed by atoms with Crippen molar-refractivity contribution in [3.05, 3.63) is 24.3 Å². The fourth-order valence-electron chi connectivity index (χ4n) is 2.59. The SMILES string of the molecule is CCC(CC)C(=O)N(c1ccc(NC(C)=O)cc1)C1CC1. The zero-order valence-corrected chi connectivity index (χ0v) is 13.1. The minimum atomic E-state index is -0.0881. The molecule has 0 saturated heterocycles. The Labute approximate surface area is 126 Å². The van der Waals surface area contributed by atoms with E-state index in [4.69, 9.17) is 0 Å². The molecule has 0 radical (unpaired) electrons. The summed E-state index contributed by atoms with van der Waals surface area (Å²) in [6.45, 7) is 5.62. The van der Waals surface area contributed by atoms with Gasteiger partial charge in [-0.2, -0.15) is 0 Å². The molecular formula is C17H24N2O2. The van der Waals surface area contributed by atoms with E-state index in [0.717, 1.165) is 37.1 Å². The first-order valence-electron chi connectivity index (χ1n) is 7.77. The molecule has 1 fully saturated rings. The average molecular weight is 288 g/mol. The lowest BCUT2D eigenvalue weighted by Gasteiger charge is -2.27. The normalized spacial score (nSPS) is 14.1. The second kappa shape index (κ2) is 6.74. The number of nitrogens with zero attached hydrogens (tertiary/aromatic N) is 1. The zero-order valence-electron chi connectivity index (χ0n) is 13.1. The highest BCUT2D eigenvalue weighted by Gasteiger charge is 2.35. The molecule has 0 atom stereocenters. The number of hydrogen-bond donors (Lipinski definition) is 1. The highest BCUT2D eigenvalue weighted by Crippen LogP contribution is 2.34. The van der Waals surface area contributed by atoms with Gasteiger partial charge in [-0.15, -0.1) is 0 Å². The lowest BCUT2D eigenvalue weighted by Crippen LogP contribution is -2.37. The first-order valence-corrected chi connectivity index (χ1v) is 7.77. The highest BCUT2D eigenvalue weighted by atomic mass is 16.2. The summed E-state index contributed by atoms with van der Waals surface area (Å²) in [6.07, 6.45) is 3.92. The smallest absolute Gasteiger partial charge is 0.230 e. The molecule has 2 rings (SSSR count). The quantitative estimate of drug-likeness (QED) is 0.870. The molecule has 1 aliphatic rings. The lowest BCUT2D eigenvalue weighted by atomic mass is 10.0. The molecule has 0 aromatic heterocycles. The van der Waals surface area contributed by atoms with Gasteiger partial charge in [0.1, 0.15) is 0 Å². The van der Waals surface area contributed by atoms with Gasteiger partial charge in [-0.3, -0.25) is 9.59 Å². The molecule has 1 aromatic carbocycles. The van der Waals surface area contributed by atoms with Gasteiger partial charge in [0, 0.05) is 30.3 Å². The zero-order chi connectivity index (χ0) is 15.4. The van der Waals surface area contributed by atoms with E-state index in [-0.39, 0.29) is 17.7 Å². The van der Waals surface area contributed by atoms with E-state index in [0.29, 0.717) is 6.04 Å². The summed E-state index contributed by atoms with van der Waals surface area (Å²) < 4.78 is 0. The first-order chi connectivity index (χ1) is 10.1. The van der Waals surface area contributed by atoms with Gasteiger partial charge in [-0.05, 0) is 49.9 Å². The number of nitrogens with one attached hydrogen (secondary N) is 1. The average Bonchev–Trinajstić information content (AvgIpc) is 3.26. The van der Waals surface area contributed by atoms with E-state index < -0.39 is 0 Å². The van der Waals surface area contributed by atoms with Gasteiger partial charge in [-0.1, -0.05) is 13.8 Å². The van der Waals surface area contributed by atoms with Crippen molar-refractivity contribution in [1.29, 1.82) is 0 Å². The maximum absolute atomic E-state index is 12.7. The Bertz CT molecular complexity index is 502. The fraction of sp³-hybridized carbons (Fsp3) is 0.529. The van der Waals surface area contributed by atoms with Crippen LogP contribution in [-0.2, 0) is 9.59 Å². The molecule has 4 heteroatoms. The summed E-state index contributed by atoms with van der Waals surface area (Å²) in [4.78, 5) is 25.7. The predicted molar refractivity (Wildman–Crippen MR) is 85.3 cm³/mol. The van der Waals surface area contributed by atoms with E-state index in [2.05, 4.69) is 19.2 Å². The summed E-state index contributed by atoms with van der Waals surface area (Å²) in [5.74, 6) is 0.241. The Balaban J connectivity index is 2.18. The Morgan fingerprint density at radius 3 is 2.19 bits per heavy atom. The monoisotopic (exact) mass is 288 g/mol. The summed E-state index contributed by atoms with van der Waals surface area (Å²) in [6, 6.07) is 7.90. The van der Waals surface area contributed by atoms with Crippen molar-refractivity contribution in [2.45, 2.75) is 52.5 Å². The van der Waals surface area contributed by atoms with Gasteiger partial charge in [0.2, 0.25) is 11.8 Å². The molecule has 0 spiro atoms. The predicted octanol–water partition coefficient (Wildman–Crippen LogP) is 3.58. The van der Waals surface area contributed by atoms with Crippen molar-refractivity contribution in [3.63, 3.8) is 0 Å². The first kappa shape index (κ1) is 15.5. The molecule has 0 aliphatic heterocycles. The van der Waals surface area contributed by atoms with Crippen molar-refractivity contribution in [2.24, 2.45) is 5.92 Å². The summed E-state index contributed by atoms with van der Waals surface area (Å²) in [7, 11) is 0. The van der Waals surface area contributed by atoms with Gasteiger partial charge >= 0.3 is 0 Å². The van der Waals surface area contributed by atoms with E-state index in [1.165, 1.54) is 6.92 Å². The van der Waals surface area contributed by atoms with Crippen LogP contribution < -0.4 is 10.2 Å². The van der Waals surface area contributed by atoms with Crippen LogP contribution in [0.4, 0.5) is 11.4 Å². The fourth-order valence-corrected chi connectivity index (χ4v) is 2.59. The summed E-state index contributed by atoms with van der Waals surface area (Å²) in [5.41, 5.74) is 1.69. The van der Waals surface area contributed by atoms with Crippen LogP contribution in [0.5, 0.6) is 0 Å². The minimum absolute atomic E-state index is 0.0881. The maximum Gasteiger partial charge on any atom is 0.230 e. The maximum atomic E-state index is 12.7. The third-order valence-corrected chi connectivity index (χ3v) is 3.95. The molecule has 1 N–H and O–H groups in total. The van der Waals surface area contributed by atoms with Gasteiger partial charge in [-0.25, -0.2) is 0 Å². The number of anilines is 2. The van der Waals surface area contributed by atoms with Crippen LogP contribution in [0.1, 0.15) is 46.5 Å². The second-order valence-corrected chi connectivity index (χ2v) is 5.68. The Morgan fingerprint density at radius 2 is 1.76 bits per heavy atom. The third kappa shape index (κ3) is 3.84. The largest absolute Gasteiger partial charge is 0.326 e. The van der Waals surface area contributed by atoms with Crippen LogP contribution in [0.15, 0.2) is 24.3 Å². The Kier molecular flexibility index (Phi) is 4.99. The van der Waals surface area contributed by atoms with E-state index in [1.54, 1.807) is 0 Å². The molecule has 4 nitrogen and oxygen atoms in total. The van der Waals surface area contributed by atoms with Crippen molar-refractivity contribution in [3.8, 4) is 0 Å². The number of rotatable bonds is 6. The molecule has 2 amide bonds. The molecule has 1 saturated carbocycles. The molecular weight excluding hydrogens is 264 g/mol. The van der Waals surface area contributed by atoms with E-state index in [1.807, 2.05) is 29.2 Å². The van der Waals surface area contributed by atoms with E-state index in [9.17, 15) is 9.59 Å². The van der Waals surface area contributed by atoms with Gasteiger partial charge < -0.3 is 10.2 Å². The standard InChI is InChI=1S/C17H24N2O2/c1-4-13(5-2)17(21)19(16-10-11-16)15-8-6-14(7-9-15)18-12(3)20/h6-9,13,16H,4-5,10-11H2,1-3H3,(H,18,20). The molecule has 114 valence electrons. The van der Waals surface area contributed by atoms with Crippen molar-refractivity contribution >= 4 is 23.2 Å². The minimum Gasteiger partial charge on any atom is -0.326 e. The van der Waals surface area contributed by atoms with Crippen LogP contribution in [0.25, 0.3) is 0 Å². The molecule has 21 heavy (non-hydrogen) atoms. The Morgan fingerprint density at radius 1 is 1.19 bits per heavy atom. The number of hydrogen-bond acceptors (Lipinski definition) is 2. The lowest BCUT2D eigenvalue weighted by molar-refractivity contribution is -0.122. The van der Waals surface area contributed by atoms with Crippen LogP contribution in [0.3, 0.4) is 0 Å². The molecule has 0 heterocycles. The molecule has 0 unspecified atom stereocenters. The number of carbonyl (C=O) groups is 2. The molecule has 1 aromatic rings. The number of benzene rings is 1. The number of carbonyl (C=O) groups excluding carboxylic acids is 2. The molecule has 1 aliphatic carbocycles. The van der Waals surface area contributed by atoms with Crippen molar-refractivity contribution in [2.75, 3.05) is 10.2 Å². The van der Waals surface area contributed by atoms with Crippen LogP contribution in [0.2, 0.25) is 0 Å². The van der Waals surface area contributed by atoms with Crippen LogP contribution in [0, 0.1) is 5.92 Å². The topological polar surface area (TPSA) is 49.4 Å². The summed E-state index contributed by atoms with van der Waals surface area (Å²) >= 11 is 0. The third-order valence-electron chi connectivity index (χ3n) is 3.95. The highest BCUT2D eigenvalue weighted by molar-refractivity contribution is 5.96. The second-order valence-electron chi connectivity index (χ2n) is 5.68. The van der Waals surface area contributed by atoms with Gasteiger partial charge in [0.05, 0.1) is 0 Å². The van der Waals surface area contributed by atoms with Crippen LogP contribution >= 0.6 is 0 Å².